The molecular weight excluding hydrogens is 212 g/mol. The third kappa shape index (κ3) is 6.39. The van der Waals surface area contributed by atoms with Gasteiger partial charge in [-0.1, -0.05) is 25.7 Å². The fourth-order valence-corrected chi connectivity index (χ4v) is 2.72. The molecule has 0 spiro atoms. The van der Waals surface area contributed by atoms with Crippen LogP contribution in [0.2, 0.25) is 0 Å². The summed E-state index contributed by atoms with van der Waals surface area (Å²) >= 11 is 0. The number of ether oxygens (including phenoxy) is 1. The normalized spacial score (nSPS) is 18.5. The van der Waals surface area contributed by atoms with E-state index in [0.717, 1.165) is 45.3 Å². The molecule has 0 unspecified atom stereocenters. The van der Waals surface area contributed by atoms with Crippen molar-refractivity contribution in [3.63, 3.8) is 0 Å². The SMILES string of the molecule is CCOCCN(CCCN)C1CCCCCC1. The van der Waals surface area contributed by atoms with Gasteiger partial charge in [0.15, 0.2) is 0 Å². The van der Waals surface area contributed by atoms with Gasteiger partial charge in [-0.3, -0.25) is 4.90 Å². The summed E-state index contributed by atoms with van der Waals surface area (Å²) in [5.41, 5.74) is 5.63. The second-order valence-electron chi connectivity index (χ2n) is 5.02. The molecule has 2 N–H and O–H groups in total. The highest BCUT2D eigenvalue weighted by Crippen LogP contribution is 2.21. The van der Waals surface area contributed by atoms with Gasteiger partial charge in [-0.25, -0.2) is 0 Å². The molecule has 0 aromatic carbocycles. The van der Waals surface area contributed by atoms with Crippen molar-refractivity contribution in [1.29, 1.82) is 0 Å². The Labute approximate surface area is 107 Å². The standard InChI is InChI=1S/C14H30N2O/c1-2-17-13-12-16(11-7-10-15)14-8-5-3-4-6-9-14/h14H,2-13,15H2,1H3. The predicted molar refractivity (Wildman–Crippen MR) is 73.2 cm³/mol. The molecule has 1 fully saturated rings. The molecule has 102 valence electrons. The smallest absolute Gasteiger partial charge is 0.0593 e. The first kappa shape index (κ1) is 14.9. The molecule has 0 radical (unpaired) electrons. The lowest BCUT2D eigenvalue weighted by molar-refractivity contribution is 0.0888. The highest BCUT2D eigenvalue weighted by atomic mass is 16.5. The van der Waals surface area contributed by atoms with E-state index in [9.17, 15) is 0 Å². The minimum Gasteiger partial charge on any atom is -0.380 e. The van der Waals surface area contributed by atoms with Crippen molar-refractivity contribution in [3.8, 4) is 0 Å². The Hall–Kier alpha value is -0.120. The molecule has 1 rings (SSSR count). The fraction of sp³-hybridized carbons (Fsp3) is 1.00. The lowest BCUT2D eigenvalue weighted by atomic mass is 10.1. The molecule has 0 aliphatic heterocycles. The second kappa shape index (κ2) is 9.86. The van der Waals surface area contributed by atoms with Crippen LogP contribution in [0.5, 0.6) is 0 Å². The Kier molecular flexibility index (Phi) is 8.67. The maximum Gasteiger partial charge on any atom is 0.0593 e. The van der Waals surface area contributed by atoms with E-state index in [1.807, 2.05) is 0 Å². The zero-order valence-corrected chi connectivity index (χ0v) is 11.5. The van der Waals surface area contributed by atoms with Gasteiger partial charge in [0, 0.05) is 19.2 Å². The van der Waals surface area contributed by atoms with Crippen LogP contribution in [-0.4, -0.2) is 43.8 Å². The van der Waals surface area contributed by atoms with E-state index in [4.69, 9.17) is 10.5 Å². The molecule has 1 aliphatic rings. The number of nitrogens with two attached hydrogens (primary N) is 1. The number of hydrogen-bond acceptors (Lipinski definition) is 3. The monoisotopic (exact) mass is 242 g/mol. The average Bonchev–Trinajstić information content (AvgIpc) is 2.62. The molecular formula is C14H30N2O. The van der Waals surface area contributed by atoms with Gasteiger partial charge >= 0.3 is 0 Å². The summed E-state index contributed by atoms with van der Waals surface area (Å²) in [7, 11) is 0. The van der Waals surface area contributed by atoms with Crippen LogP contribution in [0.1, 0.15) is 51.9 Å². The minimum atomic E-state index is 0.782. The maximum absolute atomic E-state index is 5.63. The van der Waals surface area contributed by atoms with Gasteiger partial charge in [0.2, 0.25) is 0 Å². The highest BCUT2D eigenvalue weighted by Gasteiger charge is 2.19. The molecule has 3 nitrogen and oxygen atoms in total. The third-order valence-corrected chi connectivity index (χ3v) is 3.72. The fourth-order valence-electron chi connectivity index (χ4n) is 2.72. The Morgan fingerprint density at radius 2 is 1.82 bits per heavy atom. The molecule has 0 heterocycles. The van der Waals surface area contributed by atoms with Crippen molar-refractivity contribution in [2.75, 3.05) is 32.8 Å². The van der Waals surface area contributed by atoms with Crippen LogP contribution in [0.3, 0.4) is 0 Å². The highest BCUT2D eigenvalue weighted by molar-refractivity contribution is 4.74. The van der Waals surface area contributed by atoms with Crippen LogP contribution < -0.4 is 5.73 Å². The summed E-state index contributed by atoms with van der Waals surface area (Å²) in [5.74, 6) is 0. The topological polar surface area (TPSA) is 38.5 Å². The van der Waals surface area contributed by atoms with Gasteiger partial charge in [0.05, 0.1) is 6.61 Å². The van der Waals surface area contributed by atoms with Crippen LogP contribution in [0.15, 0.2) is 0 Å². The first-order valence-corrected chi connectivity index (χ1v) is 7.40. The zero-order valence-electron chi connectivity index (χ0n) is 11.5. The van der Waals surface area contributed by atoms with Crippen molar-refractivity contribution in [1.82, 2.24) is 4.90 Å². The van der Waals surface area contributed by atoms with Crippen LogP contribution >= 0.6 is 0 Å². The largest absolute Gasteiger partial charge is 0.380 e. The van der Waals surface area contributed by atoms with E-state index in [0.29, 0.717) is 0 Å². The molecule has 0 aromatic heterocycles. The van der Waals surface area contributed by atoms with Crippen molar-refractivity contribution in [2.24, 2.45) is 5.73 Å². The van der Waals surface area contributed by atoms with E-state index in [-0.39, 0.29) is 0 Å². The van der Waals surface area contributed by atoms with Crippen molar-refractivity contribution < 1.29 is 4.74 Å². The van der Waals surface area contributed by atoms with Crippen LogP contribution in [0.4, 0.5) is 0 Å². The van der Waals surface area contributed by atoms with Crippen molar-refractivity contribution >= 4 is 0 Å². The second-order valence-corrected chi connectivity index (χ2v) is 5.02. The summed E-state index contributed by atoms with van der Waals surface area (Å²) in [6, 6.07) is 0.782. The molecule has 0 aromatic rings. The molecule has 0 saturated heterocycles. The minimum absolute atomic E-state index is 0.782. The molecule has 1 aliphatic carbocycles. The number of nitrogens with zero attached hydrogens (tertiary/aromatic N) is 1. The summed E-state index contributed by atoms with van der Waals surface area (Å²) < 4.78 is 5.49. The van der Waals surface area contributed by atoms with Gasteiger partial charge in [-0.05, 0) is 39.3 Å². The Morgan fingerprint density at radius 1 is 1.12 bits per heavy atom. The predicted octanol–water partition coefficient (Wildman–Crippen LogP) is 2.40. The Bertz CT molecular complexity index is 168. The summed E-state index contributed by atoms with van der Waals surface area (Å²) in [5, 5.41) is 0. The summed E-state index contributed by atoms with van der Waals surface area (Å²) in [6.07, 6.45) is 9.51. The van der Waals surface area contributed by atoms with E-state index in [1.165, 1.54) is 38.5 Å². The molecule has 0 bridgehead atoms. The lowest BCUT2D eigenvalue weighted by Gasteiger charge is -2.31. The number of rotatable bonds is 8. The Balaban J connectivity index is 2.35. The van der Waals surface area contributed by atoms with Crippen molar-refractivity contribution in [2.45, 2.75) is 57.9 Å². The first-order chi connectivity index (χ1) is 8.38. The molecule has 0 amide bonds. The third-order valence-electron chi connectivity index (χ3n) is 3.72. The molecule has 17 heavy (non-hydrogen) atoms. The van der Waals surface area contributed by atoms with Gasteiger partial charge in [0.25, 0.3) is 0 Å². The number of hydrogen-bond donors (Lipinski definition) is 1. The summed E-state index contributed by atoms with van der Waals surface area (Å²) in [6.45, 7) is 6.80. The molecule has 1 saturated carbocycles. The van der Waals surface area contributed by atoms with Gasteiger partial charge < -0.3 is 10.5 Å². The molecule has 3 heteroatoms. The van der Waals surface area contributed by atoms with Crippen molar-refractivity contribution in [3.05, 3.63) is 0 Å². The quantitative estimate of drug-likeness (QED) is 0.525. The zero-order chi connectivity index (χ0) is 12.3. The van der Waals surface area contributed by atoms with E-state index >= 15 is 0 Å². The lowest BCUT2D eigenvalue weighted by Crippen LogP contribution is -2.39. The maximum atomic E-state index is 5.63. The molecule has 0 atom stereocenters. The average molecular weight is 242 g/mol. The first-order valence-electron chi connectivity index (χ1n) is 7.40. The van der Waals surface area contributed by atoms with Gasteiger partial charge in [-0.2, -0.15) is 0 Å². The van der Waals surface area contributed by atoms with E-state index in [2.05, 4.69) is 11.8 Å². The Morgan fingerprint density at radius 3 is 2.41 bits per heavy atom. The van der Waals surface area contributed by atoms with Crippen LogP contribution in [-0.2, 0) is 4.74 Å². The van der Waals surface area contributed by atoms with E-state index in [1.54, 1.807) is 0 Å². The van der Waals surface area contributed by atoms with E-state index < -0.39 is 0 Å². The van der Waals surface area contributed by atoms with Crippen LogP contribution in [0, 0.1) is 0 Å². The summed E-state index contributed by atoms with van der Waals surface area (Å²) in [4.78, 5) is 2.62. The van der Waals surface area contributed by atoms with Gasteiger partial charge in [-0.15, -0.1) is 0 Å². The van der Waals surface area contributed by atoms with Crippen LogP contribution in [0.25, 0.3) is 0 Å². The van der Waals surface area contributed by atoms with Gasteiger partial charge in [0.1, 0.15) is 0 Å².